The van der Waals surface area contributed by atoms with Crippen LogP contribution in [0.25, 0.3) is 5.69 Å². The molecule has 1 aromatic carbocycles. The van der Waals surface area contributed by atoms with Crippen LogP contribution in [0.15, 0.2) is 30.5 Å². The Morgan fingerprint density at radius 3 is 2.74 bits per heavy atom. The molecule has 1 N–H and O–H groups in total. The Balaban J connectivity index is 2.15. The molecule has 0 saturated heterocycles. The molecule has 98 valence electrons. The lowest BCUT2D eigenvalue weighted by Gasteiger charge is -2.10. The molecule has 1 aliphatic carbocycles. The summed E-state index contributed by atoms with van der Waals surface area (Å²) in [5, 5.41) is 7.12. The number of nitrogens with one attached hydrogen (secondary N) is 1. The van der Waals surface area contributed by atoms with Crippen molar-refractivity contribution in [2.24, 2.45) is 0 Å². The summed E-state index contributed by atoms with van der Waals surface area (Å²) in [7, 11) is 1.66. The van der Waals surface area contributed by atoms with Crippen LogP contribution in [0.2, 0.25) is 0 Å². The van der Waals surface area contributed by atoms with Gasteiger partial charge in [-0.25, -0.2) is 4.68 Å². The maximum absolute atomic E-state index is 11.9. The number of rotatable bonds is 3. The van der Waals surface area contributed by atoms with Gasteiger partial charge < -0.3 is 5.32 Å². The molecule has 0 radical (unpaired) electrons. The Kier molecular flexibility index (Phi) is 2.85. The molecule has 1 amide bonds. The van der Waals surface area contributed by atoms with Crippen molar-refractivity contribution < 1.29 is 4.79 Å². The molecule has 1 heterocycles. The van der Waals surface area contributed by atoms with Crippen molar-refractivity contribution in [2.45, 2.75) is 25.7 Å². The molecule has 0 atom stereocenters. The molecule has 1 aliphatic rings. The first-order chi connectivity index (χ1) is 9.22. The van der Waals surface area contributed by atoms with E-state index >= 15 is 0 Å². The zero-order chi connectivity index (χ0) is 13.4. The molecule has 2 aromatic rings. The van der Waals surface area contributed by atoms with Crippen molar-refractivity contribution in [3.63, 3.8) is 0 Å². The molecular weight excluding hydrogens is 238 g/mol. The van der Waals surface area contributed by atoms with Gasteiger partial charge in [-0.3, -0.25) is 4.79 Å². The van der Waals surface area contributed by atoms with Crippen molar-refractivity contribution in [2.75, 3.05) is 7.05 Å². The van der Waals surface area contributed by atoms with Gasteiger partial charge in [0, 0.05) is 13.0 Å². The number of para-hydroxylation sites is 1. The second kappa shape index (κ2) is 4.53. The van der Waals surface area contributed by atoms with Crippen LogP contribution in [0.4, 0.5) is 0 Å². The Bertz CT molecular complexity index is 626. The van der Waals surface area contributed by atoms with Gasteiger partial charge >= 0.3 is 0 Å². The van der Waals surface area contributed by atoms with Crippen LogP contribution in [0.5, 0.6) is 0 Å². The van der Waals surface area contributed by atoms with Gasteiger partial charge in [-0.2, -0.15) is 5.10 Å². The van der Waals surface area contributed by atoms with E-state index in [1.165, 1.54) is 0 Å². The Labute approximate surface area is 112 Å². The summed E-state index contributed by atoms with van der Waals surface area (Å²) in [4.78, 5) is 11.9. The Morgan fingerprint density at radius 1 is 1.37 bits per heavy atom. The van der Waals surface area contributed by atoms with E-state index in [4.69, 9.17) is 0 Å². The van der Waals surface area contributed by atoms with Crippen LogP contribution < -0.4 is 5.32 Å². The first kappa shape index (κ1) is 12.0. The Morgan fingerprint density at radius 2 is 2.11 bits per heavy atom. The number of aryl methyl sites for hydroxylation is 1. The highest BCUT2D eigenvalue weighted by molar-refractivity contribution is 5.95. The molecule has 0 bridgehead atoms. The van der Waals surface area contributed by atoms with E-state index in [-0.39, 0.29) is 5.91 Å². The molecule has 4 heteroatoms. The summed E-state index contributed by atoms with van der Waals surface area (Å²) in [5.74, 6) is 0.413. The minimum Gasteiger partial charge on any atom is -0.355 e. The van der Waals surface area contributed by atoms with Gasteiger partial charge in [0.2, 0.25) is 0 Å². The maximum atomic E-state index is 11.9. The number of aromatic nitrogens is 2. The molecule has 1 saturated carbocycles. The number of amides is 1. The van der Waals surface area contributed by atoms with E-state index in [1.54, 1.807) is 13.2 Å². The second-order valence-corrected chi connectivity index (χ2v) is 5.00. The minimum atomic E-state index is -0.0539. The number of hydrogen-bond acceptors (Lipinski definition) is 2. The summed E-state index contributed by atoms with van der Waals surface area (Å²) in [6, 6.07) is 8.12. The molecule has 3 rings (SSSR count). The third-order valence-electron chi connectivity index (χ3n) is 3.59. The monoisotopic (exact) mass is 255 g/mol. The number of hydrogen-bond donors (Lipinski definition) is 1. The van der Waals surface area contributed by atoms with Crippen molar-refractivity contribution in [3.8, 4) is 5.69 Å². The zero-order valence-electron chi connectivity index (χ0n) is 11.2. The molecule has 0 spiro atoms. The number of benzene rings is 1. The van der Waals surface area contributed by atoms with Crippen LogP contribution in [-0.4, -0.2) is 22.7 Å². The maximum Gasteiger partial charge on any atom is 0.254 e. The molecule has 19 heavy (non-hydrogen) atoms. The molecule has 1 fully saturated rings. The quantitative estimate of drug-likeness (QED) is 0.915. The van der Waals surface area contributed by atoms with Gasteiger partial charge in [-0.05, 0) is 31.4 Å². The van der Waals surface area contributed by atoms with Gasteiger partial charge in [0.1, 0.15) is 0 Å². The normalized spacial score (nSPS) is 14.4. The first-order valence-corrected chi connectivity index (χ1v) is 6.58. The van der Waals surface area contributed by atoms with Crippen LogP contribution in [0.1, 0.15) is 40.4 Å². The predicted octanol–water partition coefficient (Wildman–Crippen LogP) is 2.42. The summed E-state index contributed by atoms with van der Waals surface area (Å²) in [5.41, 5.74) is 3.97. The Hall–Kier alpha value is -2.10. The number of nitrogens with zero attached hydrogens (tertiary/aromatic N) is 2. The highest BCUT2D eigenvalue weighted by Gasteiger charge is 2.32. The van der Waals surface area contributed by atoms with Crippen molar-refractivity contribution in [1.29, 1.82) is 0 Å². The predicted molar refractivity (Wildman–Crippen MR) is 73.7 cm³/mol. The third kappa shape index (κ3) is 2.03. The molecular formula is C15H17N3O. The lowest BCUT2D eigenvalue weighted by molar-refractivity contribution is 0.0962. The lowest BCUT2D eigenvalue weighted by atomic mass is 10.1. The average Bonchev–Trinajstić information content (AvgIpc) is 3.18. The fraction of sp³-hybridized carbons (Fsp3) is 0.333. The molecule has 0 unspecified atom stereocenters. The second-order valence-electron chi connectivity index (χ2n) is 5.00. The van der Waals surface area contributed by atoms with E-state index in [9.17, 15) is 4.79 Å². The molecule has 4 nitrogen and oxygen atoms in total. The van der Waals surface area contributed by atoms with Crippen molar-refractivity contribution in [1.82, 2.24) is 15.1 Å². The molecule has 1 aromatic heterocycles. The van der Waals surface area contributed by atoms with Crippen LogP contribution in [0.3, 0.4) is 0 Å². The summed E-state index contributed by atoms with van der Waals surface area (Å²) >= 11 is 0. The van der Waals surface area contributed by atoms with E-state index in [0.29, 0.717) is 11.5 Å². The van der Waals surface area contributed by atoms with Crippen molar-refractivity contribution >= 4 is 5.91 Å². The van der Waals surface area contributed by atoms with E-state index in [2.05, 4.69) is 23.4 Å². The highest BCUT2D eigenvalue weighted by atomic mass is 16.1. The third-order valence-corrected chi connectivity index (χ3v) is 3.59. The van der Waals surface area contributed by atoms with Gasteiger partial charge in [0.25, 0.3) is 5.91 Å². The van der Waals surface area contributed by atoms with E-state index in [1.807, 2.05) is 22.9 Å². The fourth-order valence-electron chi connectivity index (χ4n) is 2.41. The van der Waals surface area contributed by atoms with Crippen molar-refractivity contribution in [3.05, 3.63) is 47.3 Å². The van der Waals surface area contributed by atoms with Gasteiger partial charge in [-0.15, -0.1) is 0 Å². The zero-order valence-corrected chi connectivity index (χ0v) is 11.2. The summed E-state index contributed by atoms with van der Waals surface area (Å²) in [6.07, 6.45) is 3.96. The largest absolute Gasteiger partial charge is 0.355 e. The topological polar surface area (TPSA) is 46.9 Å². The number of carbonyl (C=O) groups excluding carboxylic acids is 1. The van der Waals surface area contributed by atoms with Crippen LogP contribution >= 0.6 is 0 Å². The lowest BCUT2D eigenvalue weighted by Crippen LogP contribution is -2.19. The van der Waals surface area contributed by atoms with E-state index in [0.717, 1.165) is 29.8 Å². The highest BCUT2D eigenvalue weighted by Crippen LogP contribution is 2.42. The first-order valence-electron chi connectivity index (χ1n) is 6.58. The van der Waals surface area contributed by atoms with Gasteiger partial charge in [0.05, 0.1) is 23.1 Å². The van der Waals surface area contributed by atoms with E-state index < -0.39 is 0 Å². The SMILES string of the molecule is CNC(=O)c1cnn(-c2ccccc2C)c1C1CC1. The van der Waals surface area contributed by atoms with Crippen LogP contribution in [0, 0.1) is 6.92 Å². The minimum absolute atomic E-state index is 0.0539. The standard InChI is InChI=1S/C15H17N3O/c1-10-5-3-4-6-13(10)18-14(11-7-8-11)12(9-17-18)15(19)16-2/h3-6,9,11H,7-8H2,1-2H3,(H,16,19). The smallest absolute Gasteiger partial charge is 0.254 e. The number of carbonyl (C=O) groups is 1. The van der Waals surface area contributed by atoms with Gasteiger partial charge in [0.15, 0.2) is 0 Å². The average molecular weight is 255 g/mol. The van der Waals surface area contributed by atoms with Gasteiger partial charge in [-0.1, -0.05) is 18.2 Å². The molecule has 0 aliphatic heterocycles. The summed E-state index contributed by atoms with van der Waals surface area (Å²) in [6.45, 7) is 2.06. The summed E-state index contributed by atoms with van der Waals surface area (Å²) < 4.78 is 1.93. The van der Waals surface area contributed by atoms with Crippen LogP contribution in [-0.2, 0) is 0 Å². The fourth-order valence-corrected chi connectivity index (χ4v) is 2.41.